The van der Waals surface area contributed by atoms with Crippen molar-refractivity contribution in [3.8, 4) is 0 Å². The Morgan fingerprint density at radius 1 is 0.833 bits per heavy atom. The number of hydrogen-bond donors (Lipinski definition) is 3. The van der Waals surface area contributed by atoms with E-state index in [2.05, 4.69) is 12.4 Å². The fourth-order valence-electron chi connectivity index (χ4n) is 4.17. The predicted octanol–water partition coefficient (Wildman–Crippen LogP) is -12.3. The van der Waals surface area contributed by atoms with E-state index in [0.29, 0.717) is 0 Å². The first kappa shape index (κ1) is 18.8. The van der Waals surface area contributed by atoms with E-state index in [9.17, 15) is 0 Å². The van der Waals surface area contributed by atoms with Crippen LogP contribution in [0.5, 0.6) is 0 Å². The number of halogens is 3. The molecule has 6 heteroatoms. The first-order valence-electron chi connectivity index (χ1n) is 6.84. The van der Waals surface area contributed by atoms with E-state index in [1.165, 1.54) is 51.9 Å². The molecule has 0 saturated carbocycles. The maximum Gasteiger partial charge on any atom is 0.127 e. The van der Waals surface area contributed by atoms with Crippen molar-refractivity contribution in [1.29, 1.82) is 0 Å². The zero-order chi connectivity index (χ0) is 10.3. The third-order valence-corrected chi connectivity index (χ3v) is 5.21. The topological polar surface area (TPSA) is 25.5 Å². The van der Waals surface area contributed by atoms with Crippen LogP contribution in [0.15, 0.2) is 0 Å². The Hall–Kier alpha value is 0.750. The molecule has 3 aliphatic heterocycles. The minimum absolute atomic E-state index is 0. The Kier molecular flexibility index (Phi) is 8.47. The molecule has 4 N–H and O–H groups in total. The summed E-state index contributed by atoms with van der Waals surface area (Å²) >= 11 is 0. The average molecular weight is 319 g/mol. The van der Waals surface area contributed by atoms with Crippen LogP contribution >= 0.6 is 0 Å². The van der Waals surface area contributed by atoms with Gasteiger partial charge in [0.25, 0.3) is 0 Å². The summed E-state index contributed by atoms with van der Waals surface area (Å²) < 4.78 is 0. The van der Waals surface area contributed by atoms with Crippen LogP contribution in [0.2, 0.25) is 0 Å². The standard InChI is InChI=1S/C12H23N3.3ClH/c1-14-10-2-3-11(14)9-12(8-10)15-6-4-13-5-7-15;;;/h10-13H,2-9H2,1H3;3*1H/t10-,11+,12?;;;. The van der Waals surface area contributed by atoms with E-state index < -0.39 is 0 Å². The first-order chi connectivity index (χ1) is 7.34. The highest BCUT2D eigenvalue weighted by Crippen LogP contribution is 2.20. The number of nitrogens with one attached hydrogen (secondary N) is 2. The van der Waals surface area contributed by atoms with Crippen LogP contribution in [0.1, 0.15) is 25.7 Å². The molecule has 0 aromatic carbocycles. The van der Waals surface area contributed by atoms with Gasteiger partial charge in [-0.25, -0.2) is 0 Å². The minimum Gasteiger partial charge on any atom is -1.00 e. The smallest absolute Gasteiger partial charge is 0.127 e. The van der Waals surface area contributed by atoms with Crippen molar-refractivity contribution in [2.45, 2.75) is 43.8 Å². The lowest BCUT2D eigenvalue weighted by atomic mass is 9.96. The van der Waals surface area contributed by atoms with Crippen LogP contribution in [0.4, 0.5) is 0 Å². The van der Waals surface area contributed by atoms with Gasteiger partial charge in [0.1, 0.15) is 26.2 Å². The molecular weight excluding hydrogens is 293 g/mol. The lowest BCUT2D eigenvalue weighted by Crippen LogP contribution is -3.26. The summed E-state index contributed by atoms with van der Waals surface area (Å²) in [6.45, 7) is 5.57. The van der Waals surface area contributed by atoms with Crippen molar-refractivity contribution in [2.24, 2.45) is 0 Å². The average Bonchev–Trinajstić information content (AvgIpc) is 2.54. The summed E-state index contributed by atoms with van der Waals surface area (Å²) in [6, 6.07) is 3.03. The molecule has 110 valence electrons. The first-order valence-corrected chi connectivity index (χ1v) is 6.84. The summed E-state index contributed by atoms with van der Waals surface area (Å²) in [6.07, 6.45) is 6.04. The number of fused-ring (bicyclic) bond motifs is 2. The quantitative estimate of drug-likeness (QED) is 0.428. The second kappa shape index (κ2) is 8.13. The van der Waals surface area contributed by atoms with Crippen LogP contribution in [0.25, 0.3) is 0 Å². The second-order valence-electron chi connectivity index (χ2n) is 5.91. The number of quaternary nitrogens is 3. The van der Waals surface area contributed by atoms with Crippen LogP contribution in [-0.2, 0) is 0 Å². The van der Waals surface area contributed by atoms with Crippen LogP contribution in [0.3, 0.4) is 0 Å². The highest BCUT2D eigenvalue weighted by atomic mass is 35.5. The highest BCUT2D eigenvalue weighted by Gasteiger charge is 2.46. The molecule has 0 aliphatic carbocycles. The van der Waals surface area contributed by atoms with Gasteiger partial charge in [0, 0.05) is 12.8 Å². The number of rotatable bonds is 1. The molecule has 0 aromatic heterocycles. The number of piperidine rings is 1. The molecule has 3 heterocycles. The largest absolute Gasteiger partial charge is 1.00 e. The van der Waals surface area contributed by atoms with Crippen molar-refractivity contribution in [2.75, 3.05) is 33.2 Å². The molecule has 0 spiro atoms. The molecule has 18 heavy (non-hydrogen) atoms. The van der Waals surface area contributed by atoms with E-state index in [1.807, 2.05) is 9.80 Å². The van der Waals surface area contributed by atoms with Crippen LogP contribution in [0, 0.1) is 0 Å². The Morgan fingerprint density at radius 3 is 1.83 bits per heavy atom. The van der Waals surface area contributed by atoms with Crippen LogP contribution in [-0.4, -0.2) is 51.4 Å². The zero-order valence-electron chi connectivity index (χ0n) is 11.1. The van der Waals surface area contributed by atoms with Gasteiger partial charge in [0.05, 0.1) is 38.0 Å². The molecule has 3 rings (SSSR count). The molecule has 3 fully saturated rings. The predicted molar refractivity (Wildman–Crippen MR) is 59.1 cm³/mol. The number of nitrogens with two attached hydrogens (primary N) is 1. The lowest BCUT2D eigenvalue weighted by Gasteiger charge is -2.38. The van der Waals surface area contributed by atoms with Crippen molar-refractivity contribution in [3.05, 3.63) is 0 Å². The van der Waals surface area contributed by atoms with Gasteiger partial charge < -0.3 is 52.3 Å². The summed E-state index contributed by atoms with van der Waals surface area (Å²) in [5.41, 5.74) is 0. The van der Waals surface area contributed by atoms with E-state index >= 15 is 0 Å². The normalized spacial score (nSPS) is 39.2. The summed E-state index contributed by atoms with van der Waals surface area (Å²) in [5.74, 6) is 0. The minimum atomic E-state index is 0. The number of hydrogen-bond acceptors (Lipinski definition) is 0. The van der Waals surface area contributed by atoms with Crippen molar-refractivity contribution in [1.82, 2.24) is 0 Å². The van der Waals surface area contributed by atoms with Gasteiger partial charge in [-0.15, -0.1) is 0 Å². The molecule has 0 aromatic rings. The molecular formula is C12H26Cl3N3. The molecule has 3 saturated heterocycles. The Bertz CT molecular complexity index is 223. The monoisotopic (exact) mass is 317 g/mol. The second-order valence-corrected chi connectivity index (χ2v) is 5.91. The molecule has 4 atom stereocenters. The van der Waals surface area contributed by atoms with Gasteiger partial charge >= 0.3 is 0 Å². The number of piperazine rings is 1. The molecule has 0 amide bonds. The maximum absolute atomic E-state index is 2.48. The van der Waals surface area contributed by atoms with Gasteiger partial charge in [0.15, 0.2) is 0 Å². The lowest BCUT2D eigenvalue weighted by molar-refractivity contribution is -0.990. The van der Waals surface area contributed by atoms with Gasteiger partial charge in [0.2, 0.25) is 0 Å². The molecule has 2 unspecified atom stereocenters. The Labute approximate surface area is 129 Å². The van der Waals surface area contributed by atoms with Crippen LogP contribution < -0.4 is 52.3 Å². The van der Waals surface area contributed by atoms with E-state index in [1.54, 1.807) is 0 Å². The Morgan fingerprint density at radius 2 is 1.33 bits per heavy atom. The van der Waals surface area contributed by atoms with Gasteiger partial charge in [-0.1, -0.05) is 0 Å². The Balaban J connectivity index is 0.000000963. The van der Waals surface area contributed by atoms with Gasteiger partial charge in [-0.05, 0) is 0 Å². The van der Waals surface area contributed by atoms with E-state index in [0.717, 1.165) is 18.1 Å². The highest BCUT2D eigenvalue weighted by molar-refractivity contribution is 4.81. The zero-order valence-corrected chi connectivity index (χ0v) is 13.4. The summed E-state index contributed by atoms with van der Waals surface area (Å²) in [7, 11) is 2.43. The van der Waals surface area contributed by atoms with E-state index in [-0.39, 0.29) is 37.2 Å². The van der Waals surface area contributed by atoms with Gasteiger partial charge in [-0.2, -0.15) is 0 Å². The molecule has 0 radical (unpaired) electrons. The third kappa shape index (κ3) is 3.65. The van der Waals surface area contributed by atoms with Crippen molar-refractivity contribution < 1.29 is 52.3 Å². The molecule has 3 aliphatic rings. The molecule has 2 bridgehead atoms. The molecule has 3 nitrogen and oxygen atoms in total. The van der Waals surface area contributed by atoms with Crippen molar-refractivity contribution in [3.63, 3.8) is 0 Å². The SMILES string of the molecule is C[NH+]1[C@@H]2CC[C@H]1CC([NH+]1CC[NH2+]CC1)C2.[Cl-].[Cl-].[Cl-]. The summed E-state index contributed by atoms with van der Waals surface area (Å²) in [4.78, 5) is 3.79. The van der Waals surface area contributed by atoms with Gasteiger partial charge in [-0.3, -0.25) is 0 Å². The third-order valence-electron chi connectivity index (χ3n) is 5.21. The van der Waals surface area contributed by atoms with Crippen molar-refractivity contribution >= 4 is 0 Å². The maximum atomic E-state index is 2.48. The fraction of sp³-hybridized carbons (Fsp3) is 1.00. The summed E-state index contributed by atoms with van der Waals surface area (Å²) in [5, 5.41) is 2.48. The van der Waals surface area contributed by atoms with E-state index in [4.69, 9.17) is 0 Å². The fourth-order valence-corrected chi connectivity index (χ4v) is 4.17.